The molecule has 0 amide bonds. The second-order valence-electron chi connectivity index (χ2n) is 21.9. The number of anilines is 6. The molecule has 0 spiro atoms. The van der Waals surface area contributed by atoms with Gasteiger partial charge in [0, 0.05) is 34.1 Å². The maximum Gasteiger partial charge on any atom is 0.252 e. The van der Waals surface area contributed by atoms with Crippen molar-refractivity contribution in [2.45, 2.75) is 130 Å². The zero-order chi connectivity index (χ0) is 41.8. The molecule has 0 saturated carbocycles. The molecule has 0 N–H and O–H groups in total. The Morgan fingerprint density at radius 2 is 0.847 bits per heavy atom. The van der Waals surface area contributed by atoms with Gasteiger partial charge in [-0.2, -0.15) is 0 Å². The minimum atomic E-state index is -0.0170. The maximum atomic E-state index is 2.65. The molecular formula is C56H63BN2. The number of rotatable bonds is 3. The summed E-state index contributed by atoms with van der Waals surface area (Å²) in [5.41, 5.74) is 22.8. The third-order valence-electron chi connectivity index (χ3n) is 13.4. The second kappa shape index (κ2) is 13.8. The number of benzene rings is 6. The smallest absolute Gasteiger partial charge is 0.252 e. The number of nitrogens with zero attached hydrogens (tertiary/aromatic N) is 2. The lowest BCUT2D eigenvalue weighted by molar-refractivity contribution is 0.568. The number of hydrogen-bond donors (Lipinski definition) is 0. The molecule has 0 bridgehead atoms. The fourth-order valence-corrected chi connectivity index (χ4v) is 9.74. The molecule has 6 aromatic carbocycles. The van der Waals surface area contributed by atoms with E-state index >= 15 is 0 Å². The highest BCUT2D eigenvalue weighted by molar-refractivity contribution is 7.00. The molecule has 2 aliphatic heterocycles. The van der Waals surface area contributed by atoms with E-state index in [4.69, 9.17) is 0 Å². The summed E-state index contributed by atoms with van der Waals surface area (Å²) < 4.78 is 0. The van der Waals surface area contributed by atoms with Crippen molar-refractivity contribution >= 4 is 57.2 Å². The van der Waals surface area contributed by atoms with E-state index in [2.05, 4.69) is 208 Å². The Kier molecular flexibility index (Phi) is 9.20. The highest BCUT2D eigenvalue weighted by Gasteiger charge is 2.44. The van der Waals surface area contributed by atoms with Crippen LogP contribution < -0.4 is 26.2 Å². The van der Waals surface area contributed by atoms with E-state index < -0.39 is 0 Å². The van der Waals surface area contributed by atoms with Gasteiger partial charge < -0.3 is 9.80 Å². The Labute approximate surface area is 355 Å². The van der Waals surface area contributed by atoms with Gasteiger partial charge in [0.15, 0.2) is 0 Å². The van der Waals surface area contributed by atoms with Crippen LogP contribution in [-0.4, -0.2) is 6.71 Å². The molecule has 2 heterocycles. The van der Waals surface area contributed by atoms with Gasteiger partial charge in [0.05, 0.1) is 0 Å². The molecule has 300 valence electrons. The largest absolute Gasteiger partial charge is 0.311 e. The SMILES string of the molecule is CC(C)(C)c1cc(N2c3cc(-c4ccccc4)ccc3B3c4cc5c(cc4N(c4cc(C(C)(C)C)cc(C(C)(C)C)c4)c4cccc2c43)CCCC5)cc(C(C)(C)C)c1. The van der Waals surface area contributed by atoms with Crippen molar-refractivity contribution in [2.24, 2.45) is 0 Å². The van der Waals surface area contributed by atoms with Crippen molar-refractivity contribution < 1.29 is 0 Å². The van der Waals surface area contributed by atoms with Crippen LogP contribution in [0.4, 0.5) is 34.1 Å². The molecule has 2 nitrogen and oxygen atoms in total. The molecule has 0 unspecified atom stereocenters. The van der Waals surface area contributed by atoms with Gasteiger partial charge in [-0.3, -0.25) is 0 Å². The van der Waals surface area contributed by atoms with Gasteiger partial charge >= 0.3 is 0 Å². The van der Waals surface area contributed by atoms with Crippen LogP contribution in [0, 0.1) is 0 Å². The molecule has 0 atom stereocenters. The van der Waals surface area contributed by atoms with E-state index in [9.17, 15) is 0 Å². The molecule has 0 fully saturated rings. The number of aryl methyl sites for hydroxylation is 2. The summed E-state index contributed by atoms with van der Waals surface area (Å²) >= 11 is 0. The maximum absolute atomic E-state index is 2.65. The zero-order valence-corrected chi connectivity index (χ0v) is 37.8. The zero-order valence-electron chi connectivity index (χ0n) is 37.8. The lowest BCUT2D eigenvalue weighted by atomic mass is 9.33. The molecule has 3 heteroatoms. The minimum absolute atomic E-state index is 0.00182. The Morgan fingerprint density at radius 1 is 0.390 bits per heavy atom. The van der Waals surface area contributed by atoms with Crippen LogP contribution in [0.1, 0.15) is 129 Å². The molecule has 0 saturated heterocycles. The summed E-state index contributed by atoms with van der Waals surface area (Å²) in [7, 11) is 0. The summed E-state index contributed by atoms with van der Waals surface area (Å²) in [5, 5.41) is 0. The molecule has 3 aliphatic rings. The van der Waals surface area contributed by atoms with E-state index in [0.717, 1.165) is 12.8 Å². The molecule has 9 rings (SSSR count). The average Bonchev–Trinajstić information content (AvgIpc) is 3.18. The predicted molar refractivity (Wildman–Crippen MR) is 257 cm³/mol. The van der Waals surface area contributed by atoms with Crippen LogP contribution in [0.5, 0.6) is 0 Å². The van der Waals surface area contributed by atoms with Crippen LogP contribution >= 0.6 is 0 Å². The van der Waals surface area contributed by atoms with Crippen LogP contribution in [0.25, 0.3) is 11.1 Å². The van der Waals surface area contributed by atoms with Gasteiger partial charge in [-0.15, -0.1) is 0 Å². The Bertz CT molecular complexity index is 2540. The molecule has 1 aliphatic carbocycles. The van der Waals surface area contributed by atoms with E-state index in [1.165, 1.54) is 108 Å². The first-order valence-corrected chi connectivity index (χ1v) is 22.2. The quantitative estimate of drug-likeness (QED) is 0.165. The molecule has 59 heavy (non-hydrogen) atoms. The lowest BCUT2D eigenvalue weighted by Crippen LogP contribution is -2.61. The van der Waals surface area contributed by atoms with Gasteiger partial charge in [0.25, 0.3) is 6.71 Å². The van der Waals surface area contributed by atoms with E-state index in [0.29, 0.717) is 0 Å². The standard InChI is InChI=1S/C56H63BN2/c1-53(2,3)40-30-41(54(4,5)6)33-44(32-40)58-48-23-18-24-49-52(48)57(46-26-25-39(29-50(46)58)36-19-14-13-15-20-36)47-27-37-21-16-17-22-38(37)28-51(47)59(49)45-34-42(55(7,8)9)31-43(35-45)56(10,11)12/h13-15,18-20,23-35H,16-17,21-22H2,1-12H3. The summed E-state index contributed by atoms with van der Waals surface area (Å²) in [6, 6.07) is 45.4. The normalized spacial score (nSPS) is 15.1. The Morgan fingerprint density at radius 3 is 1.32 bits per heavy atom. The van der Waals surface area contributed by atoms with E-state index in [1.807, 2.05) is 0 Å². The van der Waals surface area contributed by atoms with Crippen LogP contribution in [0.3, 0.4) is 0 Å². The first-order chi connectivity index (χ1) is 27.8. The molecular weight excluding hydrogens is 711 g/mol. The third-order valence-corrected chi connectivity index (χ3v) is 13.4. The molecule has 6 aromatic rings. The van der Waals surface area contributed by atoms with Gasteiger partial charge in [-0.05, 0) is 157 Å². The van der Waals surface area contributed by atoms with Gasteiger partial charge in [0.2, 0.25) is 0 Å². The van der Waals surface area contributed by atoms with E-state index in [1.54, 1.807) is 0 Å². The van der Waals surface area contributed by atoms with E-state index in [-0.39, 0.29) is 28.4 Å². The highest BCUT2D eigenvalue weighted by Crippen LogP contribution is 2.48. The van der Waals surface area contributed by atoms with Crippen LogP contribution in [0.2, 0.25) is 0 Å². The molecule has 0 radical (unpaired) electrons. The van der Waals surface area contributed by atoms with Crippen molar-refractivity contribution in [1.82, 2.24) is 0 Å². The second-order valence-corrected chi connectivity index (χ2v) is 21.9. The fourth-order valence-electron chi connectivity index (χ4n) is 9.74. The molecule has 0 aromatic heterocycles. The van der Waals surface area contributed by atoms with Crippen LogP contribution in [-0.2, 0) is 34.5 Å². The first-order valence-electron chi connectivity index (χ1n) is 22.2. The van der Waals surface area contributed by atoms with Gasteiger partial charge in [-0.1, -0.05) is 150 Å². The first kappa shape index (κ1) is 39.4. The predicted octanol–water partition coefficient (Wildman–Crippen LogP) is 13.5. The Hall–Kier alpha value is -5.02. The number of fused-ring (bicyclic) bond motifs is 5. The van der Waals surface area contributed by atoms with Crippen LogP contribution in [0.15, 0.2) is 115 Å². The van der Waals surface area contributed by atoms with Crippen molar-refractivity contribution in [1.29, 1.82) is 0 Å². The third kappa shape index (κ3) is 6.93. The van der Waals surface area contributed by atoms with Crippen molar-refractivity contribution in [3.63, 3.8) is 0 Å². The minimum Gasteiger partial charge on any atom is -0.311 e. The lowest BCUT2D eigenvalue weighted by Gasteiger charge is -2.45. The Balaban J connectivity index is 1.39. The summed E-state index contributed by atoms with van der Waals surface area (Å²) in [4.78, 5) is 5.27. The average molecular weight is 775 g/mol. The van der Waals surface area contributed by atoms with Gasteiger partial charge in [-0.25, -0.2) is 0 Å². The monoisotopic (exact) mass is 775 g/mol. The van der Waals surface area contributed by atoms with Crippen molar-refractivity contribution in [3.05, 3.63) is 149 Å². The fraction of sp³-hybridized carbons (Fsp3) is 0.357. The summed E-state index contributed by atoms with van der Waals surface area (Å²) in [6.45, 7) is 28.3. The van der Waals surface area contributed by atoms with Gasteiger partial charge in [0.1, 0.15) is 0 Å². The summed E-state index contributed by atoms with van der Waals surface area (Å²) in [6.07, 6.45) is 4.82. The van der Waals surface area contributed by atoms with Crippen molar-refractivity contribution in [2.75, 3.05) is 9.80 Å². The van der Waals surface area contributed by atoms with Crippen molar-refractivity contribution in [3.8, 4) is 11.1 Å². The summed E-state index contributed by atoms with van der Waals surface area (Å²) in [5.74, 6) is 0. The topological polar surface area (TPSA) is 6.48 Å². The highest BCUT2D eigenvalue weighted by atomic mass is 15.2. The number of hydrogen-bond acceptors (Lipinski definition) is 2.